The highest BCUT2D eigenvalue weighted by Crippen LogP contribution is 2.15. The Morgan fingerprint density at radius 1 is 1.04 bits per heavy atom. The van der Waals surface area contributed by atoms with Crippen molar-refractivity contribution in [2.75, 3.05) is 46.5 Å². The summed E-state index contributed by atoms with van der Waals surface area (Å²) in [5.74, 6) is 0.721. The van der Waals surface area contributed by atoms with Crippen LogP contribution in [-0.2, 0) is 4.74 Å². The number of benzene rings is 1. The van der Waals surface area contributed by atoms with Crippen molar-refractivity contribution in [3.8, 4) is 5.75 Å². The lowest BCUT2D eigenvalue weighted by molar-refractivity contribution is 0.0638. The molecule has 1 aromatic rings. The van der Waals surface area contributed by atoms with Gasteiger partial charge in [-0.2, -0.15) is 0 Å². The van der Waals surface area contributed by atoms with Gasteiger partial charge in [-0.05, 0) is 37.1 Å². The molecule has 3 rings (SSSR count). The Hall–Kier alpha value is -2.28. The molecule has 0 atom stereocenters. The number of carbonyl (C=O) groups excluding carboxylic acids is 2. The van der Waals surface area contributed by atoms with Crippen LogP contribution < -0.4 is 10.1 Å². The van der Waals surface area contributed by atoms with Crippen molar-refractivity contribution in [2.24, 2.45) is 0 Å². The Labute approximate surface area is 147 Å². The lowest BCUT2D eigenvalue weighted by atomic mass is 10.1. The van der Waals surface area contributed by atoms with E-state index in [0.29, 0.717) is 45.0 Å². The second-order valence-electron chi connectivity index (χ2n) is 6.34. The molecule has 25 heavy (non-hydrogen) atoms. The zero-order valence-electron chi connectivity index (χ0n) is 14.6. The number of rotatable bonds is 3. The Morgan fingerprint density at radius 2 is 1.64 bits per heavy atom. The van der Waals surface area contributed by atoms with Crippen molar-refractivity contribution in [2.45, 2.75) is 18.9 Å². The summed E-state index contributed by atoms with van der Waals surface area (Å²) in [6.07, 6.45) is 1.73. The average molecular weight is 347 g/mol. The molecular weight excluding hydrogens is 322 g/mol. The molecule has 2 aliphatic heterocycles. The van der Waals surface area contributed by atoms with Gasteiger partial charge in [-0.15, -0.1) is 0 Å². The molecule has 136 valence electrons. The van der Waals surface area contributed by atoms with Gasteiger partial charge in [-0.25, -0.2) is 4.79 Å². The Balaban J connectivity index is 1.48. The third-order valence-corrected chi connectivity index (χ3v) is 4.74. The maximum Gasteiger partial charge on any atom is 0.317 e. The molecule has 0 spiro atoms. The first-order valence-electron chi connectivity index (χ1n) is 8.74. The fraction of sp³-hybridized carbons (Fsp3) is 0.556. The molecule has 0 aromatic heterocycles. The van der Waals surface area contributed by atoms with Gasteiger partial charge in [0.05, 0.1) is 7.11 Å². The van der Waals surface area contributed by atoms with Crippen LogP contribution in [0.2, 0.25) is 0 Å². The second kappa shape index (κ2) is 8.20. The fourth-order valence-corrected chi connectivity index (χ4v) is 3.14. The largest absolute Gasteiger partial charge is 0.497 e. The predicted molar refractivity (Wildman–Crippen MR) is 92.8 cm³/mol. The van der Waals surface area contributed by atoms with Crippen molar-refractivity contribution in [1.82, 2.24) is 15.1 Å². The molecule has 3 amide bonds. The summed E-state index contributed by atoms with van der Waals surface area (Å²) in [4.78, 5) is 28.5. The van der Waals surface area contributed by atoms with E-state index in [1.165, 1.54) is 0 Å². The average Bonchev–Trinajstić information content (AvgIpc) is 2.68. The van der Waals surface area contributed by atoms with Gasteiger partial charge in [0, 0.05) is 51.0 Å². The van der Waals surface area contributed by atoms with E-state index < -0.39 is 0 Å². The van der Waals surface area contributed by atoms with Gasteiger partial charge in [0.1, 0.15) is 5.75 Å². The van der Waals surface area contributed by atoms with E-state index in [9.17, 15) is 9.59 Å². The first-order chi connectivity index (χ1) is 12.2. The molecule has 2 saturated heterocycles. The molecule has 1 N–H and O–H groups in total. The van der Waals surface area contributed by atoms with Crippen LogP contribution in [-0.4, -0.2) is 74.3 Å². The van der Waals surface area contributed by atoms with Gasteiger partial charge >= 0.3 is 6.03 Å². The maximum absolute atomic E-state index is 12.5. The second-order valence-corrected chi connectivity index (χ2v) is 6.34. The molecule has 7 nitrogen and oxygen atoms in total. The molecule has 0 unspecified atom stereocenters. The van der Waals surface area contributed by atoms with Gasteiger partial charge in [-0.3, -0.25) is 4.79 Å². The summed E-state index contributed by atoms with van der Waals surface area (Å²) in [5.41, 5.74) is 0.640. The van der Waals surface area contributed by atoms with Crippen LogP contribution in [0.1, 0.15) is 23.2 Å². The van der Waals surface area contributed by atoms with Crippen LogP contribution >= 0.6 is 0 Å². The summed E-state index contributed by atoms with van der Waals surface area (Å²) in [7, 11) is 1.60. The van der Waals surface area contributed by atoms with Crippen LogP contribution in [0.15, 0.2) is 24.3 Å². The minimum absolute atomic E-state index is 0.00728. The molecule has 0 bridgehead atoms. The van der Waals surface area contributed by atoms with E-state index in [2.05, 4.69) is 5.32 Å². The van der Waals surface area contributed by atoms with Crippen LogP contribution in [0, 0.1) is 0 Å². The smallest absolute Gasteiger partial charge is 0.317 e. The lowest BCUT2D eigenvalue weighted by Crippen LogP contribution is -2.55. The van der Waals surface area contributed by atoms with Gasteiger partial charge in [0.25, 0.3) is 5.91 Å². The number of nitrogens with one attached hydrogen (secondary N) is 1. The highest BCUT2D eigenvalue weighted by atomic mass is 16.5. The molecule has 0 radical (unpaired) electrons. The number of amides is 3. The molecule has 2 fully saturated rings. The number of methoxy groups -OCH3 is 1. The minimum Gasteiger partial charge on any atom is -0.497 e. The molecule has 1 aromatic carbocycles. The monoisotopic (exact) mass is 347 g/mol. The van der Waals surface area contributed by atoms with E-state index in [0.717, 1.165) is 18.6 Å². The van der Waals surface area contributed by atoms with Crippen LogP contribution in [0.4, 0.5) is 4.79 Å². The van der Waals surface area contributed by atoms with Crippen molar-refractivity contribution < 1.29 is 19.1 Å². The Bertz CT molecular complexity index is 591. The first-order valence-corrected chi connectivity index (χ1v) is 8.74. The highest BCUT2D eigenvalue weighted by Gasteiger charge is 2.26. The van der Waals surface area contributed by atoms with Crippen LogP contribution in [0.3, 0.4) is 0 Å². The highest BCUT2D eigenvalue weighted by molar-refractivity contribution is 5.94. The molecule has 7 heteroatoms. The predicted octanol–water partition coefficient (Wildman–Crippen LogP) is 1.34. The number of ether oxygens (including phenoxy) is 2. The molecule has 0 aliphatic carbocycles. The third-order valence-electron chi connectivity index (χ3n) is 4.74. The summed E-state index contributed by atoms with van der Waals surface area (Å²) in [6.45, 7) is 3.61. The van der Waals surface area contributed by atoms with Gasteiger partial charge in [0.15, 0.2) is 0 Å². The number of carbonyl (C=O) groups is 2. The summed E-state index contributed by atoms with van der Waals surface area (Å²) >= 11 is 0. The van der Waals surface area contributed by atoms with E-state index in [1.807, 2.05) is 0 Å². The third kappa shape index (κ3) is 4.42. The zero-order valence-corrected chi connectivity index (χ0v) is 14.6. The number of hydrogen-bond donors (Lipinski definition) is 1. The van der Waals surface area contributed by atoms with Gasteiger partial charge in [-0.1, -0.05) is 0 Å². The van der Waals surface area contributed by atoms with Gasteiger partial charge < -0.3 is 24.6 Å². The van der Waals surface area contributed by atoms with Crippen molar-refractivity contribution in [3.05, 3.63) is 29.8 Å². The number of urea groups is 1. The Morgan fingerprint density at radius 3 is 2.24 bits per heavy atom. The topological polar surface area (TPSA) is 71.1 Å². The summed E-state index contributed by atoms with van der Waals surface area (Å²) in [6, 6.07) is 7.26. The number of hydrogen-bond acceptors (Lipinski definition) is 4. The fourth-order valence-electron chi connectivity index (χ4n) is 3.14. The number of nitrogens with zero attached hydrogens (tertiary/aromatic N) is 2. The van der Waals surface area contributed by atoms with Gasteiger partial charge in [0.2, 0.25) is 0 Å². The number of piperazine rings is 1. The maximum atomic E-state index is 12.5. The standard InChI is InChI=1S/C18H25N3O4/c1-24-16-4-2-14(3-5-16)17(22)20-8-10-21(11-9-20)18(23)19-15-6-12-25-13-7-15/h2-5,15H,6-13H2,1H3,(H,19,23). The van der Waals surface area contributed by atoms with E-state index in [4.69, 9.17) is 9.47 Å². The van der Waals surface area contributed by atoms with Crippen molar-refractivity contribution >= 4 is 11.9 Å². The quantitative estimate of drug-likeness (QED) is 0.896. The first kappa shape index (κ1) is 17.5. The minimum atomic E-state index is -0.0385. The van der Waals surface area contributed by atoms with E-state index in [-0.39, 0.29) is 18.0 Å². The SMILES string of the molecule is COc1ccc(C(=O)N2CCN(C(=O)NC3CCOCC3)CC2)cc1. The Kier molecular flexibility index (Phi) is 5.75. The van der Waals surface area contributed by atoms with E-state index >= 15 is 0 Å². The molecule has 0 saturated carbocycles. The lowest BCUT2D eigenvalue weighted by Gasteiger charge is -2.36. The van der Waals surface area contributed by atoms with Crippen LogP contribution in [0.5, 0.6) is 5.75 Å². The summed E-state index contributed by atoms with van der Waals surface area (Å²) in [5, 5.41) is 3.07. The molecule has 2 heterocycles. The van der Waals surface area contributed by atoms with Crippen molar-refractivity contribution in [3.63, 3.8) is 0 Å². The summed E-state index contributed by atoms with van der Waals surface area (Å²) < 4.78 is 10.4. The van der Waals surface area contributed by atoms with E-state index in [1.54, 1.807) is 41.2 Å². The van der Waals surface area contributed by atoms with Crippen molar-refractivity contribution in [1.29, 1.82) is 0 Å². The normalized spacial score (nSPS) is 18.8. The molecule has 2 aliphatic rings. The van der Waals surface area contributed by atoms with Crippen LogP contribution in [0.25, 0.3) is 0 Å². The zero-order chi connectivity index (χ0) is 17.6. The molecular formula is C18H25N3O4.